The van der Waals surface area contributed by atoms with E-state index < -0.39 is 0 Å². The van der Waals surface area contributed by atoms with Gasteiger partial charge in [-0.3, -0.25) is 5.10 Å². The highest BCUT2D eigenvalue weighted by Crippen LogP contribution is 2.37. The summed E-state index contributed by atoms with van der Waals surface area (Å²) < 4.78 is 1.23. The molecule has 0 saturated carbocycles. The Morgan fingerprint density at radius 3 is 3.00 bits per heavy atom. The summed E-state index contributed by atoms with van der Waals surface area (Å²) in [6.07, 6.45) is 1.51. The van der Waals surface area contributed by atoms with Gasteiger partial charge in [-0.1, -0.05) is 41.6 Å². The fourth-order valence-corrected chi connectivity index (χ4v) is 3.99. The predicted octanol–water partition coefficient (Wildman–Crippen LogP) is 3.97. The average molecular weight is 282 g/mol. The number of aromatic nitrogens is 3. The Labute approximate surface area is 111 Å². The lowest BCUT2D eigenvalue weighted by atomic mass is 10.2. The molecule has 17 heavy (non-hydrogen) atoms. The van der Waals surface area contributed by atoms with Crippen molar-refractivity contribution in [2.45, 2.75) is 10.9 Å². The number of nitrogens with zero attached hydrogens (tertiary/aromatic N) is 2. The van der Waals surface area contributed by atoms with E-state index in [1.54, 1.807) is 23.1 Å². The van der Waals surface area contributed by atoms with Crippen molar-refractivity contribution in [3.63, 3.8) is 0 Å². The third-order valence-corrected chi connectivity index (χ3v) is 5.13. The fourth-order valence-electron chi connectivity index (χ4n) is 1.56. The van der Waals surface area contributed by atoms with Gasteiger partial charge in [0.05, 0.1) is 5.02 Å². The second-order valence-corrected chi connectivity index (χ2v) is 5.89. The molecule has 0 unspecified atom stereocenters. The molecule has 3 nitrogen and oxygen atoms in total. The van der Waals surface area contributed by atoms with Crippen LogP contribution in [0.3, 0.4) is 0 Å². The van der Waals surface area contributed by atoms with Gasteiger partial charge in [0, 0.05) is 20.7 Å². The molecule has 0 spiro atoms. The molecular weight excluding hydrogens is 274 g/mol. The van der Waals surface area contributed by atoms with Crippen molar-refractivity contribution in [1.29, 1.82) is 0 Å². The Bertz CT molecular complexity index is 633. The summed E-state index contributed by atoms with van der Waals surface area (Å²) in [4.78, 5) is 5.25. The molecule has 3 rings (SSSR count). The molecule has 3 aromatic rings. The van der Waals surface area contributed by atoms with Gasteiger partial charge < -0.3 is 0 Å². The highest BCUT2D eigenvalue weighted by atomic mass is 35.5. The number of nitrogens with one attached hydrogen (secondary N) is 1. The van der Waals surface area contributed by atoms with E-state index in [9.17, 15) is 0 Å². The maximum Gasteiger partial charge on any atom is 0.183 e. The molecule has 1 aromatic carbocycles. The summed E-state index contributed by atoms with van der Waals surface area (Å²) in [7, 11) is 0. The first-order valence-electron chi connectivity index (χ1n) is 4.98. The number of hydrogen-bond donors (Lipinski definition) is 1. The van der Waals surface area contributed by atoms with Crippen molar-refractivity contribution in [3.8, 4) is 0 Å². The van der Waals surface area contributed by atoms with Crippen molar-refractivity contribution in [2.24, 2.45) is 0 Å². The van der Waals surface area contributed by atoms with Crippen LogP contribution in [0, 0.1) is 0 Å². The zero-order chi connectivity index (χ0) is 11.7. The third kappa shape index (κ3) is 2.18. The molecule has 86 valence electrons. The number of H-pyrrole nitrogens is 1. The highest BCUT2D eigenvalue weighted by Gasteiger charge is 2.10. The number of rotatable bonds is 3. The van der Waals surface area contributed by atoms with E-state index in [2.05, 4.69) is 27.3 Å². The van der Waals surface area contributed by atoms with Gasteiger partial charge >= 0.3 is 0 Å². The van der Waals surface area contributed by atoms with Crippen molar-refractivity contribution < 1.29 is 0 Å². The standard InChI is InChI=1S/C11H8ClN3S2/c12-10-7-3-1-2-4-8(7)17-9(10)5-16-11-13-6-14-15-11/h1-4,6H,5H2,(H,13,14,15). The molecule has 0 saturated heterocycles. The molecule has 0 amide bonds. The molecule has 0 aliphatic rings. The Morgan fingerprint density at radius 2 is 2.24 bits per heavy atom. The summed E-state index contributed by atoms with van der Waals surface area (Å²) in [5.74, 6) is 0.813. The molecule has 0 atom stereocenters. The minimum Gasteiger partial charge on any atom is -0.254 e. The van der Waals surface area contributed by atoms with E-state index in [1.807, 2.05) is 12.1 Å². The zero-order valence-electron chi connectivity index (χ0n) is 8.68. The number of thiophene rings is 1. The molecule has 0 aliphatic carbocycles. The first-order valence-corrected chi connectivity index (χ1v) is 7.16. The van der Waals surface area contributed by atoms with E-state index in [0.717, 1.165) is 21.3 Å². The summed E-state index contributed by atoms with van der Waals surface area (Å²) in [6, 6.07) is 8.18. The molecule has 1 N–H and O–H groups in total. The minimum absolute atomic E-state index is 0.813. The molecule has 2 heterocycles. The van der Waals surface area contributed by atoms with Crippen LogP contribution in [0.25, 0.3) is 10.1 Å². The molecule has 0 radical (unpaired) electrons. The van der Waals surface area contributed by atoms with E-state index in [4.69, 9.17) is 11.6 Å². The summed E-state index contributed by atoms with van der Waals surface area (Å²) in [6.45, 7) is 0. The molecule has 6 heteroatoms. The van der Waals surface area contributed by atoms with Gasteiger partial charge in [0.25, 0.3) is 0 Å². The lowest BCUT2D eigenvalue weighted by Crippen LogP contribution is -1.78. The summed E-state index contributed by atoms with van der Waals surface area (Å²) in [5.41, 5.74) is 0. The maximum atomic E-state index is 6.35. The lowest BCUT2D eigenvalue weighted by molar-refractivity contribution is 0.973. The van der Waals surface area contributed by atoms with Crippen LogP contribution >= 0.6 is 34.7 Å². The van der Waals surface area contributed by atoms with Crippen LogP contribution in [0.15, 0.2) is 35.7 Å². The van der Waals surface area contributed by atoms with E-state index >= 15 is 0 Å². The fraction of sp³-hybridized carbons (Fsp3) is 0.0909. The molecular formula is C11H8ClN3S2. The number of fused-ring (bicyclic) bond motifs is 1. The van der Waals surface area contributed by atoms with Crippen LogP contribution in [-0.2, 0) is 5.75 Å². The second-order valence-electron chi connectivity index (χ2n) is 3.41. The quantitative estimate of drug-likeness (QED) is 0.739. The first kappa shape index (κ1) is 11.1. The van der Waals surface area contributed by atoms with Crippen molar-refractivity contribution in [2.75, 3.05) is 0 Å². The number of aromatic amines is 1. The van der Waals surface area contributed by atoms with Gasteiger partial charge in [0.15, 0.2) is 5.16 Å². The number of thioether (sulfide) groups is 1. The Kier molecular flexibility index (Phi) is 3.05. The van der Waals surface area contributed by atoms with Crippen LogP contribution in [0.4, 0.5) is 0 Å². The topological polar surface area (TPSA) is 41.6 Å². The highest BCUT2D eigenvalue weighted by molar-refractivity contribution is 7.98. The average Bonchev–Trinajstić information content (AvgIpc) is 2.96. The van der Waals surface area contributed by atoms with Crippen LogP contribution in [0.2, 0.25) is 5.02 Å². The smallest absolute Gasteiger partial charge is 0.183 e. The second kappa shape index (κ2) is 4.68. The summed E-state index contributed by atoms with van der Waals surface area (Å²) >= 11 is 9.69. The Balaban J connectivity index is 1.88. The van der Waals surface area contributed by atoms with Gasteiger partial charge in [-0.05, 0) is 6.07 Å². The van der Waals surface area contributed by atoms with Crippen LogP contribution < -0.4 is 0 Å². The summed E-state index contributed by atoms with van der Waals surface area (Å²) in [5, 5.41) is 9.45. The first-order chi connectivity index (χ1) is 8.34. The number of hydrogen-bond acceptors (Lipinski definition) is 4. The molecule has 0 aliphatic heterocycles. The van der Waals surface area contributed by atoms with E-state index in [1.165, 1.54) is 15.9 Å². The van der Waals surface area contributed by atoms with Gasteiger partial charge in [0.1, 0.15) is 6.33 Å². The van der Waals surface area contributed by atoms with E-state index in [-0.39, 0.29) is 0 Å². The van der Waals surface area contributed by atoms with Gasteiger partial charge in [0.2, 0.25) is 0 Å². The zero-order valence-corrected chi connectivity index (χ0v) is 11.1. The van der Waals surface area contributed by atoms with Crippen molar-refractivity contribution in [1.82, 2.24) is 15.2 Å². The normalized spacial score (nSPS) is 11.1. The number of halogens is 1. The van der Waals surface area contributed by atoms with Crippen LogP contribution in [-0.4, -0.2) is 15.2 Å². The third-order valence-electron chi connectivity index (χ3n) is 2.33. The van der Waals surface area contributed by atoms with E-state index in [0.29, 0.717) is 0 Å². The largest absolute Gasteiger partial charge is 0.254 e. The van der Waals surface area contributed by atoms with Crippen molar-refractivity contribution in [3.05, 3.63) is 40.5 Å². The Morgan fingerprint density at radius 1 is 1.35 bits per heavy atom. The minimum atomic E-state index is 0.813. The predicted molar refractivity (Wildman–Crippen MR) is 72.8 cm³/mol. The maximum absolute atomic E-state index is 6.35. The van der Waals surface area contributed by atoms with Crippen LogP contribution in [0.5, 0.6) is 0 Å². The van der Waals surface area contributed by atoms with Gasteiger partial charge in [-0.15, -0.1) is 11.3 Å². The van der Waals surface area contributed by atoms with Crippen molar-refractivity contribution >= 4 is 44.8 Å². The SMILES string of the molecule is Clc1c(CSc2ncn[nH]2)sc2ccccc12. The lowest BCUT2D eigenvalue weighted by Gasteiger charge is -1.95. The monoisotopic (exact) mass is 281 g/mol. The molecule has 2 aromatic heterocycles. The number of benzene rings is 1. The molecule has 0 bridgehead atoms. The van der Waals surface area contributed by atoms with Gasteiger partial charge in [-0.2, -0.15) is 5.10 Å². The Hall–Kier alpha value is -1.04. The van der Waals surface area contributed by atoms with Gasteiger partial charge in [-0.25, -0.2) is 4.98 Å². The molecule has 0 fully saturated rings. The van der Waals surface area contributed by atoms with Crippen LogP contribution in [0.1, 0.15) is 4.88 Å².